The molecule has 26 heavy (non-hydrogen) atoms. The van der Waals surface area contributed by atoms with Gasteiger partial charge in [-0.3, -0.25) is 4.90 Å². The number of hydrogen-bond acceptors (Lipinski definition) is 5. The van der Waals surface area contributed by atoms with Crippen molar-refractivity contribution in [1.29, 1.82) is 0 Å². The maximum atomic E-state index is 12.6. The summed E-state index contributed by atoms with van der Waals surface area (Å²) in [6, 6.07) is 6.04. The normalized spacial score (nSPS) is 16.6. The number of hydrogen-bond donors (Lipinski definition) is 1. The standard InChI is InChI=1S/C17H19F3N2O2S.ClH/c1-23-15-3-2-13(24-17(18,19)20)10-14(15)16(12-4-9-25-11-12)22-7-5-21-6-8-22;/h2-4,9-11,16,21H,5-8H2,1H3;1H/t16-;/m0./s1. The Balaban J connectivity index is 0.00000243. The van der Waals surface area contributed by atoms with Gasteiger partial charge in [-0.1, -0.05) is 0 Å². The maximum Gasteiger partial charge on any atom is 0.573 e. The quantitative estimate of drug-likeness (QED) is 0.808. The summed E-state index contributed by atoms with van der Waals surface area (Å²) in [7, 11) is 1.52. The van der Waals surface area contributed by atoms with Crippen molar-refractivity contribution >= 4 is 23.7 Å². The number of rotatable bonds is 5. The lowest BCUT2D eigenvalue weighted by molar-refractivity contribution is -0.274. The van der Waals surface area contributed by atoms with Crippen molar-refractivity contribution in [2.45, 2.75) is 12.4 Å². The highest BCUT2D eigenvalue weighted by Gasteiger charge is 2.33. The number of benzene rings is 1. The first-order valence-corrected chi connectivity index (χ1v) is 8.83. The van der Waals surface area contributed by atoms with Gasteiger partial charge in [0.05, 0.1) is 13.2 Å². The highest BCUT2D eigenvalue weighted by Crippen LogP contribution is 2.38. The van der Waals surface area contributed by atoms with Gasteiger partial charge in [-0.2, -0.15) is 11.3 Å². The summed E-state index contributed by atoms with van der Waals surface area (Å²) >= 11 is 1.56. The fourth-order valence-corrected chi connectivity index (χ4v) is 3.76. The van der Waals surface area contributed by atoms with Crippen molar-refractivity contribution in [2.24, 2.45) is 0 Å². The monoisotopic (exact) mass is 408 g/mol. The van der Waals surface area contributed by atoms with Crippen LogP contribution in [0.2, 0.25) is 0 Å². The van der Waals surface area contributed by atoms with E-state index in [4.69, 9.17) is 4.74 Å². The number of nitrogens with one attached hydrogen (secondary N) is 1. The van der Waals surface area contributed by atoms with Gasteiger partial charge in [0.1, 0.15) is 11.5 Å². The summed E-state index contributed by atoms with van der Waals surface area (Å²) in [5.41, 5.74) is 1.71. The first-order valence-electron chi connectivity index (χ1n) is 7.88. The first-order chi connectivity index (χ1) is 12.0. The van der Waals surface area contributed by atoms with Crippen LogP contribution in [0.3, 0.4) is 0 Å². The van der Waals surface area contributed by atoms with E-state index in [2.05, 4.69) is 15.0 Å². The Hall–Kier alpha value is -1.48. The van der Waals surface area contributed by atoms with Crippen LogP contribution in [0.4, 0.5) is 13.2 Å². The van der Waals surface area contributed by atoms with Crippen LogP contribution in [0.5, 0.6) is 11.5 Å². The first kappa shape index (κ1) is 20.8. The van der Waals surface area contributed by atoms with Gasteiger partial charge >= 0.3 is 6.36 Å². The maximum absolute atomic E-state index is 12.6. The molecule has 2 heterocycles. The molecular weight excluding hydrogens is 389 g/mol. The van der Waals surface area contributed by atoms with Crippen molar-refractivity contribution in [3.8, 4) is 11.5 Å². The molecule has 1 aliphatic heterocycles. The Morgan fingerprint density at radius 3 is 2.50 bits per heavy atom. The number of ether oxygens (including phenoxy) is 2. The summed E-state index contributed by atoms with van der Waals surface area (Å²) in [6.45, 7) is 3.27. The second-order valence-corrected chi connectivity index (χ2v) is 6.48. The second kappa shape index (κ2) is 8.94. The van der Waals surface area contributed by atoms with Crippen molar-refractivity contribution in [3.63, 3.8) is 0 Å². The van der Waals surface area contributed by atoms with Crippen LogP contribution >= 0.6 is 23.7 Å². The Morgan fingerprint density at radius 2 is 1.92 bits per heavy atom. The molecule has 1 aromatic heterocycles. The molecule has 1 N–H and O–H groups in total. The third-order valence-corrected chi connectivity index (χ3v) is 4.81. The number of thiophene rings is 1. The SMILES string of the molecule is COc1ccc(OC(F)(F)F)cc1[C@H](c1ccsc1)N1CCNCC1.Cl. The fraction of sp³-hybridized carbons (Fsp3) is 0.412. The molecule has 3 rings (SSSR count). The summed E-state index contributed by atoms with van der Waals surface area (Å²) in [5.74, 6) is 0.308. The minimum Gasteiger partial charge on any atom is -0.496 e. The van der Waals surface area contributed by atoms with Crippen LogP contribution < -0.4 is 14.8 Å². The number of piperazine rings is 1. The highest BCUT2D eigenvalue weighted by molar-refractivity contribution is 7.08. The minimum absolute atomic E-state index is 0. The average molecular weight is 409 g/mol. The smallest absolute Gasteiger partial charge is 0.496 e. The lowest BCUT2D eigenvalue weighted by Crippen LogP contribution is -2.45. The zero-order valence-corrected chi connectivity index (χ0v) is 15.7. The molecule has 0 radical (unpaired) electrons. The largest absolute Gasteiger partial charge is 0.573 e. The van der Waals surface area contributed by atoms with Gasteiger partial charge < -0.3 is 14.8 Å². The lowest BCUT2D eigenvalue weighted by Gasteiger charge is -2.35. The van der Waals surface area contributed by atoms with E-state index in [0.29, 0.717) is 11.3 Å². The zero-order valence-electron chi connectivity index (χ0n) is 14.1. The van der Waals surface area contributed by atoms with Crippen LogP contribution in [-0.4, -0.2) is 44.6 Å². The molecule has 1 saturated heterocycles. The third kappa shape index (κ3) is 5.03. The fourth-order valence-electron chi connectivity index (χ4n) is 3.08. The number of halogens is 4. The van der Waals surface area contributed by atoms with Crippen LogP contribution in [0, 0.1) is 0 Å². The lowest BCUT2D eigenvalue weighted by atomic mass is 9.97. The van der Waals surface area contributed by atoms with E-state index in [1.165, 1.54) is 25.3 Å². The van der Waals surface area contributed by atoms with Gasteiger partial charge in [0.2, 0.25) is 0 Å². The predicted octanol–water partition coefficient (Wildman–Crippen LogP) is 4.07. The summed E-state index contributed by atoms with van der Waals surface area (Å²) in [5, 5.41) is 7.28. The molecule has 1 atom stereocenters. The number of nitrogens with zero attached hydrogens (tertiary/aromatic N) is 1. The van der Waals surface area contributed by atoms with Gasteiger partial charge in [0.25, 0.3) is 0 Å². The van der Waals surface area contributed by atoms with Crippen molar-refractivity contribution < 1.29 is 22.6 Å². The Morgan fingerprint density at radius 1 is 1.19 bits per heavy atom. The third-order valence-electron chi connectivity index (χ3n) is 4.10. The minimum atomic E-state index is -4.72. The topological polar surface area (TPSA) is 33.7 Å². The molecule has 0 unspecified atom stereocenters. The molecule has 144 valence electrons. The second-order valence-electron chi connectivity index (χ2n) is 5.70. The van der Waals surface area contributed by atoms with Crippen molar-refractivity contribution in [2.75, 3.05) is 33.3 Å². The summed E-state index contributed by atoms with van der Waals surface area (Å²) < 4.78 is 47.4. The van der Waals surface area contributed by atoms with Gasteiger partial charge in [-0.05, 0) is 40.6 Å². The van der Waals surface area contributed by atoms with E-state index in [1.807, 2.05) is 16.8 Å². The molecule has 1 aliphatic rings. The van der Waals surface area contributed by atoms with Crippen LogP contribution in [0.1, 0.15) is 17.2 Å². The molecule has 0 amide bonds. The molecule has 0 spiro atoms. The Labute approximate surface area is 160 Å². The molecule has 0 bridgehead atoms. The molecule has 1 fully saturated rings. The number of methoxy groups -OCH3 is 1. The highest BCUT2D eigenvalue weighted by atomic mass is 35.5. The van der Waals surface area contributed by atoms with E-state index >= 15 is 0 Å². The van der Waals surface area contributed by atoms with E-state index in [1.54, 1.807) is 11.3 Å². The molecule has 0 saturated carbocycles. The molecule has 4 nitrogen and oxygen atoms in total. The molecule has 9 heteroatoms. The zero-order chi connectivity index (χ0) is 17.9. The molecule has 0 aliphatic carbocycles. The van der Waals surface area contributed by atoms with Gasteiger partial charge in [-0.15, -0.1) is 25.6 Å². The van der Waals surface area contributed by atoms with Gasteiger partial charge in [-0.25, -0.2) is 0 Å². The number of alkyl halides is 3. The van der Waals surface area contributed by atoms with Crippen LogP contribution in [0.15, 0.2) is 35.0 Å². The molecule has 2 aromatic rings. The molecule has 1 aromatic carbocycles. The Kier molecular flexibility index (Phi) is 7.16. The Bertz CT molecular complexity index is 692. The van der Waals surface area contributed by atoms with Crippen molar-refractivity contribution in [3.05, 3.63) is 46.2 Å². The van der Waals surface area contributed by atoms with E-state index in [9.17, 15) is 13.2 Å². The van der Waals surface area contributed by atoms with Crippen molar-refractivity contribution in [1.82, 2.24) is 10.2 Å². The van der Waals surface area contributed by atoms with Gasteiger partial charge in [0.15, 0.2) is 0 Å². The summed E-state index contributed by atoms with van der Waals surface area (Å²) in [6.07, 6.45) is -4.72. The van der Waals surface area contributed by atoms with E-state index in [-0.39, 0.29) is 24.2 Å². The predicted molar refractivity (Wildman–Crippen MR) is 97.5 cm³/mol. The van der Waals surface area contributed by atoms with Crippen LogP contribution in [0.25, 0.3) is 0 Å². The average Bonchev–Trinajstić information content (AvgIpc) is 3.09. The molecular formula is C17H20ClF3N2O2S. The van der Waals surface area contributed by atoms with Gasteiger partial charge in [0, 0.05) is 31.7 Å². The van der Waals surface area contributed by atoms with Crippen LogP contribution in [-0.2, 0) is 0 Å². The summed E-state index contributed by atoms with van der Waals surface area (Å²) in [4.78, 5) is 2.24. The van der Waals surface area contributed by atoms with E-state index in [0.717, 1.165) is 31.7 Å². The van der Waals surface area contributed by atoms with E-state index < -0.39 is 6.36 Å².